The zero-order chi connectivity index (χ0) is 30.0. The van der Waals surface area contributed by atoms with Gasteiger partial charge >= 0.3 is 0 Å². The van der Waals surface area contributed by atoms with Gasteiger partial charge in [0.1, 0.15) is 5.76 Å². The lowest BCUT2D eigenvalue weighted by Gasteiger charge is -2.36. The third kappa shape index (κ3) is 7.64. The summed E-state index contributed by atoms with van der Waals surface area (Å²) in [5.74, 6) is 5.16. The second-order valence-electron chi connectivity index (χ2n) is 10.1. The number of carbonyl (C=O) groups excluding carboxylic acids is 3. The van der Waals surface area contributed by atoms with Gasteiger partial charge in [-0.2, -0.15) is 0 Å². The van der Waals surface area contributed by atoms with Gasteiger partial charge in [-0.3, -0.25) is 14.4 Å². The molecule has 220 valence electrons. The Balaban J connectivity index is 1.36. The number of hydroxylamine groups is 1. The predicted octanol–water partition coefficient (Wildman–Crippen LogP) is 3.12. The van der Waals surface area contributed by atoms with Crippen molar-refractivity contribution in [1.29, 1.82) is 0 Å². The van der Waals surface area contributed by atoms with Crippen molar-refractivity contribution >= 4 is 17.7 Å². The molecule has 1 aromatic heterocycles. The average molecular weight is 573 g/mol. The van der Waals surface area contributed by atoms with Crippen LogP contribution in [0.2, 0.25) is 0 Å². The second-order valence-corrected chi connectivity index (χ2v) is 10.1. The van der Waals surface area contributed by atoms with Gasteiger partial charge in [0.2, 0.25) is 0 Å². The molecule has 10 nitrogen and oxygen atoms in total. The van der Waals surface area contributed by atoms with Crippen LogP contribution in [-0.4, -0.2) is 55.2 Å². The SMILES string of the molecule is CNC(=O)C(C)(C(=O)NOC1CCCCO1)N(C)C(=O)c1ccc(C#Cc2ccc(CNCc3ccco3)cc2)cc1. The zero-order valence-electron chi connectivity index (χ0n) is 24.1. The summed E-state index contributed by atoms with van der Waals surface area (Å²) in [4.78, 5) is 45.7. The molecule has 1 fully saturated rings. The fraction of sp³-hybridized carbons (Fsp3) is 0.344. The second kappa shape index (κ2) is 14.5. The van der Waals surface area contributed by atoms with E-state index in [1.54, 1.807) is 30.5 Å². The molecule has 0 aliphatic carbocycles. The van der Waals surface area contributed by atoms with Gasteiger partial charge in [-0.1, -0.05) is 24.0 Å². The molecule has 1 saturated heterocycles. The van der Waals surface area contributed by atoms with Crippen molar-refractivity contribution in [1.82, 2.24) is 21.0 Å². The van der Waals surface area contributed by atoms with Gasteiger partial charge in [-0.05, 0) is 73.9 Å². The molecule has 1 aliphatic rings. The van der Waals surface area contributed by atoms with Gasteiger partial charge < -0.3 is 24.7 Å². The first-order chi connectivity index (χ1) is 20.3. The van der Waals surface area contributed by atoms with E-state index in [1.807, 2.05) is 36.4 Å². The monoisotopic (exact) mass is 572 g/mol. The molecule has 0 saturated carbocycles. The minimum atomic E-state index is -1.88. The number of hydrogen-bond donors (Lipinski definition) is 3. The van der Waals surface area contributed by atoms with Crippen molar-refractivity contribution in [3.8, 4) is 11.8 Å². The minimum Gasteiger partial charge on any atom is -0.468 e. The molecule has 42 heavy (non-hydrogen) atoms. The van der Waals surface area contributed by atoms with Crippen molar-refractivity contribution in [2.45, 2.75) is 51.1 Å². The highest BCUT2D eigenvalue weighted by atomic mass is 16.8. The highest BCUT2D eigenvalue weighted by Crippen LogP contribution is 2.20. The summed E-state index contributed by atoms with van der Waals surface area (Å²) >= 11 is 0. The Morgan fingerprint density at radius 1 is 0.976 bits per heavy atom. The largest absolute Gasteiger partial charge is 0.468 e. The molecule has 3 aromatic rings. The van der Waals surface area contributed by atoms with E-state index < -0.39 is 29.6 Å². The van der Waals surface area contributed by atoms with Crippen molar-refractivity contribution in [2.75, 3.05) is 20.7 Å². The smallest absolute Gasteiger partial charge is 0.279 e. The number of hydrogen-bond acceptors (Lipinski definition) is 7. The molecule has 3 amide bonds. The maximum absolute atomic E-state index is 13.3. The van der Waals surface area contributed by atoms with E-state index in [9.17, 15) is 14.4 Å². The molecular weight excluding hydrogens is 536 g/mol. The lowest BCUT2D eigenvalue weighted by Crippen LogP contribution is -2.65. The summed E-state index contributed by atoms with van der Waals surface area (Å²) in [6.45, 7) is 3.26. The molecule has 0 radical (unpaired) electrons. The number of nitrogens with one attached hydrogen (secondary N) is 3. The van der Waals surface area contributed by atoms with Gasteiger partial charge in [0.15, 0.2) is 11.8 Å². The van der Waals surface area contributed by atoms with Gasteiger partial charge in [-0.15, -0.1) is 0 Å². The number of carbonyl (C=O) groups is 3. The zero-order valence-corrected chi connectivity index (χ0v) is 24.1. The number of amides is 3. The predicted molar refractivity (Wildman–Crippen MR) is 155 cm³/mol. The van der Waals surface area contributed by atoms with Gasteiger partial charge in [-0.25, -0.2) is 10.3 Å². The fourth-order valence-electron chi connectivity index (χ4n) is 4.36. The quantitative estimate of drug-likeness (QED) is 0.194. The maximum atomic E-state index is 13.3. The number of ether oxygens (including phenoxy) is 1. The Labute approximate surface area is 245 Å². The Kier molecular flexibility index (Phi) is 10.5. The molecule has 2 atom stereocenters. The van der Waals surface area contributed by atoms with Crippen LogP contribution in [0.1, 0.15) is 59.0 Å². The third-order valence-electron chi connectivity index (χ3n) is 7.15. The van der Waals surface area contributed by atoms with E-state index in [-0.39, 0.29) is 0 Å². The highest BCUT2D eigenvalue weighted by molar-refractivity contribution is 6.12. The van der Waals surface area contributed by atoms with Gasteiger partial charge in [0.05, 0.1) is 12.8 Å². The number of benzene rings is 2. The first-order valence-electron chi connectivity index (χ1n) is 13.8. The van der Waals surface area contributed by atoms with Crippen LogP contribution in [0.4, 0.5) is 0 Å². The van der Waals surface area contributed by atoms with E-state index in [2.05, 4.69) is 28.0 Å². The van der Waals surface area contributed by atoms with Gasteiger partial charge in [0.25, 0.3) is 17.7 Å². The molecule has 2 aromatic carbocycles. The van der Waals surface area contributed by atoms with Crippen LogP contribution in [0.15, 0.2) is 71.3 Å². The van der Waals surface area contributed by atoms with E-state index >= 15 is 0 Å². The molecule has 4 rings (SSSR count). The summed E-state index contributed by atoms with van der Waals surface area (Å²) in [5, 5.41) is 5.80. The molecule has 1 aliphatic heterocycles. The number of furan rings is 1. The molecule has 0 bridgehead atoms. The first-order valence-corrected chi connectivity index (χ1v) is 13.8. The Hall–Kier alpha value is -4.43. The summed E-state index contributed by atoms with van der Waals surface area (Å²) in [7, 11) is 2.80. The lowest BCUT2D eigenvalue weighted by molar-refractivity contribution is -0.204. The molecule has 0 spiro atoms. The maximum Gasteiger partial charge on any atom is 0.279 e. The summed E-state index contributed by atoms with van der Waals surface area (Å²) in [6.07, 6.45) is 3.51. The highest BCUT2D eigenvalue weighted by Gasteiger charge is 2.47. The van der Waals surface area contributed by atoms with Crippen molar-refractivity contribution < 1.29 is 28.4 Å². The summed E-state index contributed by atoms with van der Waals surface area (Å²) < 4.78 is 10.8. The Bertz CT molecular complexity index is 1400. The first kappa shape index (κ1) is 30.5. The summed E-state index contributed by atoms with van der Waals surface area (Å²) in [6, 6.07) is 18.4. The van der Waals surface area contributed by atoms with Crippen LogP contribution in [0, 0.1) is 11.8 Å². The molecule has 2 heterocycles. The lowest BCUT2D eigenvalue weighted by atomic mass is 9.96. The van der Waals surface area contributed by atoms with E-state index in [1.165, 1.54) is 21.0 Å². The third-order valence-corrected chi connectivity index (χ3v) is 7.15. The average Bonchev–Trinajstić information content (AvgIpc) is 3.56. The van der Waals surface area contributed by atoms with Crippen molar-refractivity contribution in [2.24, 2.45) is 0 Å². The fourth-order valence-corrected chi connectivity index (χ4v) is 4.36. The van der Waals surface area contributed by atoms with Crippen LogP contribution in [-0.2, 0) is 32.3 Å². The van der Waals surface area contributed by atoms with Crippen LogP contribution < -0.4 is 16.1 Å². The van der Waals surface area contributed by atoms with Crippen LogP contribution in [0.5, 0.6) is 0 Å². The number of likely N-dealkylation sites (N-methyl/N-ethyl adjacent to an activating group) is 2. The van der Waals surface area contributed by atoms with E-state index in [0.29, 0.717) is 37.2 Å². The Morgan fingerprint density at radius 3 is 2.26 bits per heavy atom. The van der Waals surface area contributed by atoms with E-state index in [0.717, 1.165) is 34.6 Å². The number of nitrogens with zero attached hydrogens (tertiary/aromatic N) is 1. The van der Waals surface area contributed by atoms with Gasteiger partial charge in [0, 0.05) is 50.4 Å². The standard InChI is InChI=1S/C32H36N4O6/c1-32(30(38)33-2,31(39)35-42-28-8-4-5-19-41-28)36(3)29(37)26-17-15-24(16-18-26)10-9-23-11-13-25(14-12-23)21-34-22-27-7-6-20-40-27/h6-7,11-18,20,28,34H,4-5,8,19,21-22H2,1-3H3,(H,33,38)(H,35,39). The number of rotatable bonds is 10. The van der Waals surface area contributed by atoms with Crippen molar-refractivity contribution in [3.63, 3.8) is 0 Å². The van der Waals surface area contributed by atoms with Crippen LogP contribution in [0.3, 0.4) is 0 Å². The molecule has 2 unspecified atom stereocenters. The normalized spacial score (nSPS) is 15.9. The summed E-state index contributed by atoms with van der Waals surface area (Å²) in [5.41, 5.74) is 3.44. The minimum absolute atomic E-state index is 0.300. The molecular formula is C32H36N4O6. The van der Waals surface area contributed by atoms with E-state index in [4.69, 9.17) is 14.0 Å². The van der Waals surface area contributed by atoms with Crippen LogP contribution in [0.25, 0.3) is 0 Å². The van der Waals surface area contributed by atoms with Crippen molar-refractivity contribution in [3.05, 3.63) is 94.9 Å². The molecule has 3 N–H and O–H groups in total. The Morgan fingerprint density at radius 2 is 1.67 bits per heavy atom. The topological polar surface area (TPSA) is 122 Å². The molecule has 10 heteroatoms. The van der Waals surface area contributed by atoms with Crippen LogP contribution >= 0.6 is 0 Å².